The summed E-state index contributed by atoms with van der Waals surface area (Å²) in [6, 6.07) is 16.9. The lowest BCUT2D eigenvalue weighted by Gasteiger charge is -2.23. The molecule has 4 rings (SSSR count). The van der Waals surface area contributed by atoms with Crippen molar-refractivity contribution in [3.63, 3.8) is 0 Å². The minimum Gasteiger partial charge on any atom is -0.322 e. The molecular weight excluding hydrogens is 401 g/mol. The average molecular weight is 421 g/mol. The van der Waals surface area contributed by atoms with Crippen LogP contribution in [0.15, 0.2) is 70.8 Å². The second kappa shape index (κ2) is 8.51. The molecule has 7 heteroatoms. The van der Waals surface area contributed by atoms with Crippen molar-refractivity contribution in [3.05, 3.63) is 98.2 Å². The molecule has 0 saturated heterocycles. The summed E-state index contributed by atoms with van der Waals surface area (Å²) in [6.07, 6.45) is 0. The quantitative estimate of drug-likeness (QED) is 0.461. The summed E-state index contributed by atoms with van der Waals surface area (Å²) in [5.74, 6) is -0.513. The Bertz CT molecular complexity index is 1250. The molecule has 0 saturated carbocycles. The predicted molar refractivity (Wildman–Crippen MR) is 118 cm³/mol. The summed E-state index contributed by atoms with van der Waals surface area (Å²) < 4.78 is 14.0. The van der Waals surface area contributed by atoms with E-state index in [1.165, 1.54) is 28.4 Å². The number of rotatable bonds is 5. The number of fused-ring (bicyclic) bond motifs is 1. The Morgan fingerprint density at radius 3 is 2.70 bits per heavy atom. The number of para-hydroxylation sites is 1. The number of urea groups is 1. The molecule has 0 aliphatic rings. The summed E-state index contributed by atoms with van der Waals surface area (Å²) in [5, 5.41) is 5.44. The maximum atomic E-state index is 14.0. The Morgan fingerprint density at radius 2 is 1.93 bits per heavy atom. The number of hydrogen-bond acceptors (Lipinski definition) is 3. The van der Waals surface area contributed by atoms with Gasteiger partial charge in [0.25, 0.3) is 5.56 Å². The third-order valence-electron chi connectivity index (χ3n) is 4.77. The first kappa shape index (κ1) is 19.8. The Labute approximate surface area is 176 Å². The van der Waals surface area contributed by atoms with E-state index in [-0.39, 0.29) is 17.8 Å². The number of thiophene rings is 1. The number of pyridine rings is 1. The first-order valence-corrected chi connectivity index (χ1v) is 10.3. The van der Waals surface area contributed by atoms with E-state index in [2.05, 4.69) is 10.3 Å². The van der Waals surface area contributed by atoms with Crippen LogP contribution in [0.3, 0.4) is 0 Å². The number of nitrogens with one attached hydrogen (secondary N) is 2. The van der Waals surface area contributed by atoms with Crippen molar-refractivity contribution in [1.82, 2.24) is 9.88 Å². The van der Waals surface area contributed by atoms with Gasteiger partial charge in [-0.05, 0) is 54.1 Å². The highest BCUT2D eigenvalue weighted by Gasteiger charge is 2.18. The molecule has 0 fully saturated rings. The smallest absolute Gasteiger partial charge is 0.322 e. The van der Waals surface area contributed by atoms with Gasteiger partial charge in [-0.1, -0.05) is 29.8 Å². The van der Waals surface area contributed by atoms with Crippen LogP contribution in [0, 0.1) is 12.7 Å². The molecular formula is C23H20FN3O2S. The third-order valence-corrected chi connectivity index (χ3v) is 5.63. The van der Waals surface area contributed by atoms with E-state index in [4.69, 9.17) is 0 Å². The molecule has 2 amide bonds. The zero-order valence-corrected chi connectivity index (χ0v) is 17.1. The Kier molecular flexibility index (Phi) is 5.63. The molecule has 4 aromatic rings. The lowest BCUT2D eigenvalue weighted by Crippen LogP contribution is -2.35. The minimum atomic E-state index is -0.513. The van der Waals surface area contributed by atoms with Gasteiger partial charge in [0, 0.05) is 16.0 Å². The number of nitrogens with zero attached hydrogens (tertiary/aromatic N) is 1. The normalized spacial score (nSPS) is 10.9. The molecule has 0 aliphatic carbocycles. The fourth-order valence-electron chi connectivity index (χ4n) is 3.24. The van der Waals surface area contributed by atoms with Crippen molar-refractivity contribution in [2.24, 2.45) is 0 Å². The van der Waals surface area contributed by atoms with Crippen LogP contribution in [0.1, 0.15) is 16.0 Å². The molecule has 0 radical (unpaired) electrons. The molecule has 0 atom stereocenters. The van der Waals surface area contributed by atoms with Crippen LogP contribution in [0.2, 0.25) is 0 Å². The molecule has 2 N–H and O–H groups in total. The van der Waals surface area contributed by atoms with Gasteiger partial charge in [-0.2, -0.15) is 0 Å². The number of H-pyrrole nitrogens is 1. The predicted octanol–water partition coefficient (Wildman–Crippen LogP) is 5.27. The van der Waals surface area contributed by atoms with Crippen LogP contribution < -0.4 is 10.9 Å². The molecule has 2 aromatic carbocycles. The lowest BCUT2D eigenvalue weighted by molar-refractivity contribution is 0.206. The van der Waals surface area contributed by atoms with Gasteiger partial charge in [0.2, 0.25) is 0 Å². The fourth-order valence-corrected chi connectivity index (χ4v) is 3.96. The third kappa shape index (κ3) is 4.41. The van der Waals surface area contributed by atoms with E-state index in [1.54, 1.807) is 18.2 Å². The van der Waals surface area contributed by atoms with Crippen molar-refractivity contribution in [3.8, 4) is 0 Å². The number of amides is 2. The van der Waals surface area contributed by atoms with Gasteiger partial charge in [-0.15, -0.1) is 11.3 Å². The Morgan fingerprint density at radius 1 is 1.10 bits per heavy atom. The number of hydrogen-bond donors (Lipinski definition) is 2. The van der Waals surface area contributed by atoms with Crippen molar-refractivity contribution in [1.29, 1.82) is 0 Å². The van der Waals surface area contributed by atoms with E-state index < -0.39 is 11.8 Å². The van der Waals surface area contributed by atoms with E-state index in [9.17, 15) is 14.0 Å². The van der Waals surface area contributed by atoms with Gasteiger partial charge in [0.1, 0.15) is 5.82 Å². The molecule has 0 spiro atoms. The molecule has 0 aliphatic heterocycles. The van der Waals surface area contributed by atoms with Gasteiger partial charge in [-0.3, -0.25) is 4.79 Å². The van der Waals surface area contributed by atoms with Gasteiger partial charge in [0.05, 0.1) is 18.8 Å². The molecule has 5 nitrogen and oxygen atoms in total. The standard InChI is InChI=1S/C23H20FN3O2S/c1-15-8-9-20-16(11-15)12-17(22(28)25-20)13-27(14-18-5-4-10-30-18)23(29)26-21-7-3-2-6-19(21)24/h2-12H,13-14H2,1H3,(H,25,28)(H,26,29). The summed E-state index contributed by atoms with van der Waals surface area (Å²) >= 11 is 1.52. The highest BCUT2D eigenvalue weighted by Crippen LogP contribution is 2.19. The highest BCUT2D eigenvalue weighted by molar-refractivity contribution is 7.09. The highest BCUT2D eigenvalue weighted by atomic mass is 32.1. The minimum absolute atomic E-state index is 0.0946. The van der Waals surface area contributed by atoms with Gasteiger partial charge >= 0.3 is 6.03 Å². The van der Waals surface area contributed by atoms with Crippen LogP contribution in [0.25, 0.3) is 10.9 Å². The van der Waals surface area contributed by atoms with Crippen LogP contribution in [0.4, 0.5) is 14.9 Å². The van der Waals surface area contributed by atoms with E-state index in [0.717, 1.165) is 21.3 Å². The molecule has 2 aromatic heterocycles. The largest absolute Gasteiger partial charge is 0.322 e. The monoisotopic (exact) mass is 421 g/mol. The topological polar surface area (TPSA) is 65.2 Å². The van der Waals surface area contributed by atoms with Crippen LogP contribution in [-0.4, -0.2) is 15.9 Å². The number of anilines is 1. The maximum Gasteiger partial charge on any atom is 0.322 e. The second-order valence-electron chi connectivity index (χ2n) is 7.06. The molecule has 30 heavy (non-hydrogen) atoms. The van der Waals surface area contributed by atoms with Crippen molar-refractivity contribution in [2.75, 3.05) is 5.32 Å². The first-order chi connectivity index (χ1) is 14.5. The van der Waals surface area contributed by atoms with Gasteiger partial charge < -0.3 is 15.2 Å². The first-order valence-electron chi connectivity index (χ1n) is 9.45. The zero-order chi connectivity index (χ0) is 21.1. The average Bonchev–Trinajstić information content (AvgIpc) is 3.23. The SMILES string of the molecule is Cc1ccc2[nH]c(=O)c(CN(Cc3cccs3)C(=O)Nc3ccccc3F)cc2c1. The summed E-state index contributed by atoms with van der Waals surface area (Å²) in [4.78, 5) is 30.9. The Balaban J connectivity index is 1.65. The molecule has 0 unspecified atom stereocenters. The number of halogens is 1. The van der Waals surface area contributed by atoms with Crippen LogP contribution in [-0.2, 0) is 13.1 Å². The molecule has 0 bridgehead atoms. The zero-order valence-electron chi connectivity index (χ0n) is 16.3. The number of carbonyl (C=O) groups excluding carboxylic acids is 1. The van der Waals surface area contributed by atoms with Gasteiger partial charge in [-0.25, -0.2) is 9.18 Å². The van der Waals surface area contributed by atoms with E-state index >= 15 is 0 Å². The fraction of sp³-hybridized carbons (Fsp3) is 0.130. The van der Waals surface area contributed by atoms with Crippen molar-refractivity contribution in [2.45, 2.75) is 20.0 Å². The molecule has 152 valence electrons. The maximum absolute atomic E-state index is 14.0. The van der Waals surface area contributed by atoms with Gasteiger partial charge in [0.15, 0.2) is 0 Å². The van der Waals surface area contributed by atoms with Crippen LogP contribution >= 0.6 is 11.3 Å². The summed E-state index contributed by atoms with van der Waals surface area (Å²) in [6.45, 7) is 2.38. The number of carbonyl (C=O) groups is 1. The summed E-state index contributed by atoms with van der Waals surface area (Å²) in [7, 11) is 0. The number of aryl methyl sites for hydroxylation is 1. The number of benzene rings is 2. The number of aromatic amines is 1. The number of aromatic nitrogens is 1. The summed E-state index contributed by atoms with van der Waals surface area (Å²) in [5.41, 5.74) is 2.14. The van der Waals surface area contributed by atoms with Crippen molar-refractivity contribution < 1.29 is 9.18 Å². The lowest BCUT2D eigenvalue weighted by atomic mass is 10.1. The van der Waals surface area contributed by atoms with Crippen LogP contribution in [0.5, 0.6) is 0 Å². The van der Waals surface area contributed by atoms with E-state index in [0.29, 0.717) is 12.1 Å². The second-order valence-corrected chi connectivity index (χ2v) is 8.09. The van der Waals surface area contributed by atoms with Crippen molar-refractivity contribution >= 4 is 34.0 Å². The Hall–Kier alpha value is -3.45. The molecule has 2 heterocycles. The van der Waals surface area contributed by atoms with E-state index in [1.807, 2.05) is 42.6 Å².